The predicted octanol–water partition coefficient (Wildman–Crippen LogP) is 1.03. The van der Waals surface area contributed by atoms with Gasteiger partial charge < -0.3 is 9.67 Å². The van der Waals surface area contributed by atoms with Gasteiger partial charge in [-0.05, 0) is 0 Å². The number of halogens is 2. The van der Waals surface area contributed by atoms with E-state index in [0.29, 0.717) is 0 Å². The summed E-state index contributed by atoms with van der Waals surface area (Å²) in [7, 11) is 1.33. The zero-order valence-corrected chi connectivity index (χ0v) is 6.29. The number of rotatable bonds is 1. The van der Waals surface area contributed by atoms with E-state index in [4.69, 9.17) is 5.11 Å². The molecule has 1 heterocycles. The molecule has 0 aliphatic heterocycles. The molecule has 0 aromatic carbocycles. The van der Waals surface area contributed by atoms with Crippen molar-refractivity contribution < 1.29 is 13.9 Å². The third kappa shape index (κ3) is 1.30. The van der Waals surface area contributed by atoms with Gasteiger partial charge in [0, 0.05) is 19.3 Å². The fourth-order valence-electron chi connectivity index (χ4n) is 0.889. The van der Waals surface area contributed by atoms with E-state index in [1.54, 1.807) is 0 Å². The number of hydrogen-bond donors (Lipinski definition) is 1. The van der Waals surface area contributed by atoms with Crippen molar-refractivity contribution in [3.05, 3.63) is 28.2 Å². The van der Waals surface area contributed by atoms with Crippen molar-refractivity contribution in [3.8, 4) is 5.75 Å². The minimum absolute atomic E-state index is 0.650. The maximum atomic E-state index is 12.1. The molecule has 0 spiro atoms. The molecule has 1 rings (SSSR count). The lowest BCUT2D eigenvalue weighted by atomic mass is 10.3. The fraction of sp³-hybridized carbons (Fsp3) is 0.286. The van der Waals surface area contributed by atoms with Gasteiger partial charge in [0.25, 0.3) is 6.43 Å². The first-order valence-corrected chi connectivity index (χ1v) is 3.20. The Balaban J connectivity index is 3.43. The second-order valence-corrected chi connectivity index (χ2v) is 2.33. The highest BCUT2D eigenvalue weighted by Crippen LogP contribution is 2.23. The molecule has 5 heteroatoms. The first-order valence-electron chi connectivity index (χ1n) is 3.20. The zero-order chi connectivity index (χ0) is 9.30. The summed E-state index contributed by atoms with van der Waals surface area (Å²) in [5.41, 5.74) is -1.44. The molecule has 0 fully saturated rings. The number of aromatic nitrogens is 1. The standard InChI is InChI=1S/C7H7F2NO2/c1-10-3-2-4(11)6(12)5(10)7(8)9/h2-3,7,12H,1H3. The Morgan fingerprint density at radius 2 is 2.17 bits per heavy atom. The van der Waals surface area contributed by atoms with Gasteiger partial charge >= 0.3 is 0 Å². The summed E-state index contributed by atoms with van der Waals surface area (Å²) in [5.74, 6) is -0.880. The summed E-state index contributed by atoms with van der Waals surface area (Å²) in [5, 5.41) is 8.94. The zero-order valence-electron chi connectivity index (χ0n) is 6.29. The van der Waals surface area contributed by atoms with Gasteiger partial charge in [-0.3, -0.25) is 4.79 Å². The van der Waals surface area contributed by atoms with Crippen LogP contribution in [0, 0.1) is 0 Å². The quantitative estimate of drug-likeness (QED) is 0.692. The summed E-state index contributed by atoms with van der Waals surface area (Å²) >= 11 is 0. The van der Waals surface area contributed by atoms with E-state index < -0.39 is 23.3 Å². The van der Waals surface area contributed by atoms with Crippen LogP contribution in [0.4, 0.5) is 8.78 Å². The van der Waals surface area contributed by atoms with Crippen LogP contribution < -0.4 is 5.43 Å². The highest BCUT2D eigenvalue weighted by Gasteiger charge is 2.17. The summed E-state index contributed by atoms with van der Waals surface area (Å²) in [6, 6.07) is 1.03. The Kier molecular flexibility index (Phi) is 2.12. The van der Waals surface area contributed by atoms with Gasteiger partial charge in [-0.15, -0.1) is 0 Å². The van der Waals surface area contributed by atoms with Crippen LogP contribution >= 0.6 is 0 Å². The number of nitrogens with zero attached hydrogens (tertiary/aromatic N) is 1. The number of pyridine rings is 1. The monoisotopic (exact) mass is 175 g/mol. The molecule has 0 bridgehead atoms. The lowest BCUT2D eigenvalue weighted by Gasteiger charge is -2.07. The maximum Gasteiger partial charge on any atom is 0.282 e. The highest BCUT2D eigenvalue weighted by atomic mass is 19.3. The predicted molar refractivity (Wildman–Crippen MR) is 38.3 cm³/mol. The van der Waals surface area contributed by atoms with Crippen molar-refractivity contribution in [2.75, 3.05) is 0 Å². The molecule has 0 unspecified atom stereocenters. The van der Waals surface area contributed by atoms with Crippen molar-refractivity contribution in [2.45, 2.75) is 6.43 Å². The fourth-order valence-corrected chi connectivity index (χ4v) is 0.889. The van der Waals surface area contributed by atoms with Crippen LogP contribution in [-0.4, -0.2) is 9.67 Å². The van der Waals surface area contributed by atoms with Crippen LogP contribution in [0.5, 0.6) is 5.75 Å². The van der Waals surface area contributed by atoms with Crippen LogP contribution in [-0.2, 0) is 7.05 Å². The highest BCUT2D eigenvalue weighted by molar-refractivity contribution is 5.27. The van der Waals surface area contributed by atoms with Gasteiger partial charge in [-0.1, -0.05) is 0 Å². The van der Waals surface area contributed by atoms with Gasteiger partial charge in [0.2, 0.25) is 5.43 Å². The molecule has 1 N–H and O–H groups in total. The number of aryl methyl sites for hydroxylation is 1. The average molecular weight is 175 g/mol. The second kappa shape index (κ2) is 2.92. The van der Waals surface area contributed by atoms with Crippen molar-refractivity contribution >= 4 is 0 Å². The Bertz CT molecular complexity index is 346. The van der Waals surface area contributed by atoms with Gasteiger partial charge in [0.1, 0.15) is 5.69 Å². The van der Waals surface area contributed by atoms with E-state index in [0.717, 1.165) is 10.6 Å². The molecular formula is C7H7F2NO2. The van der Waals surface area contributed by atoms with Crippen molar-refractivity contribution in [1.82, 2.24) is 4.57 Å². The first kappa shape index (κ1) is 8.70. The van der Waals surface area contributed by atoms with E-state index in [9.17, 15) is 13.6 Å². The minimum Gasteiger partial charge on any atom is -0.503 e. The molecule has 66 valence electrons. The summed E-state index contributed by atoms with van der Waals surface area (Å²) in [6.45, 7) is 0. The molecule has 3 nitrogen and oxygen atoms in total. The summed E-state index contributed by atoms with van der Waals surface area (Å²) in [4.78, 5) is 10.7. The Labute approximate surface area is 66.9 Å². The molecular weight excluding hydrogens is 168 g/mol. The van der Waals surface area contributed by atoms with Gasteiger partial charge in [-0.2, -0.15) is 0 Å². The first-order chi connectivity index (χ1) is 5.54. The van der Waals surface area contributed by atoms with Crippen molar-refractivity contribution in [2.24, 2.45) is 7.05 Å². The Morgan fingerprint density at radius 3 is 2.58 bits per heavy atom. The number of aromatic hydroxyl groups is 1. The van der Waals surface area contributed by atoms with Crippen LogP contribution in [0.15, 0.2) is 17.1 Å². The third-order valence-electron chi connectivity index (χ3n) is 1.51. The lowest BCUT2D eigenvalue weighted by molar-refractivity contribution is 0.136. The second-order valence-electron chi connectivity index (χ2n) is 2.33. The molecule has 0 aliphatic rings. The molecule has 1 aromatic heterocycles. The van der Waals surface area contributed by atoms with E-state index in [2.05, 4.69) is 0 Å². The summed E-state index contributed by atoms with van der Waals surface area (Å²) < 4.78 is 25.3. The van der Waals surface area contributed by atoms with Gasteiger partial charge in [0.05, 0.1) is 0 Å². The van der Waals surface area contributed by atoms with Gasteiger partial charge in [-0.25, -0.2) is 8.78 Å². The van der Waals surface area contributed by atoms with Crippen molar-refractivity contribution in [3.63, 3.8) is 0 Å². The molecule has 0 saturated carbocycles. The third-order valence-corrected chi connectivity index (χ3v) is 1.51. The van der Waals surface area contributed by atoms with Crippen LogP contribution in [0.2, 0.25) is 0 Å². The smallest absolute Gasteiger partial charge is 0.282 e. The Morgan fingerprint density at radius 1 is 1.58 bits per heavy atom. The molecule has 0 atom stereocenters. The molecule has 0 radical (unpaired) electrons. The lowest BCUT2D eigenvalue weighted by Crippen LogP contribution is -2.09. The number of hydrogen-bond acceptors (Lipinski definition) is 2. The number of alkyl halides is 2. The SMILES string of the molecule is Cn1ccc(=O)c(O)c1C(F)F. The van der Waals surface area contributed by atoms with Gasteiger partial charge in [0.15, 0.2) is 5.75 Å². The van der Waals surface area contributed by atoms with Crippen LogP contribution in [0.25, 0.3) is 0 Å². The molecule has 0 saturated heterocycles. The average Bonchev–Trinajstić information content (AvgIpc) is 1.97. The summed E-state index contributed by atoms with van der Waals surface area (Å²) in [6.07, 6.45) is -1.66. The van der Waals surface area contributed by atoms with E-state index in [1.165, 1.54) is 13.2 Å². The van der Waals surface area contributed by atoms with Crippen LogP contribution in [0.3, 0.4) is 0 Å². The normalized spacial score (nSPS) is 10.7. The van der Waals surface area contributed by atoms with E-state index in [1.807, 2.05) is 0 Å². The molecule has 0 amide bonds. The minimum atomic E-state index is -2.84. The molecule has 1 aromatic rings. The Hall–Kier alpha value is -1.39. The van der Waals surface area contributed by atoms with E-state index >= 15 is 0 Å². The topological polar surface area (TPSA) is 42.2 Å². The largest absolute Gasteiger partial charge is 0.503 e. The van der Waals surface area contributed by atoms with E-state index in [-0.39, 0.29) is 0 Å². The van der Waals surface area contributed by atoms with Crippen molar-refractivity contribution in [1.29, 1.82) is 0 Å². The molecule has 0 aliphatic carbocycles. The van der Waals surface area contributed by atoms with Crippen LogP contribution in [0.1, 0.15) is 12.1 Å². The molecule has 12 heavy (non-hydrogen) atoms. The maximum absolute atomic E-state index is 12.1.